The second-order valence-corrected chi connectivity index (χ2v) is 6.30. The van der Waals surface area contributed by atoms with Crippen LogP contribution in [0.3, 0.4) is 0 Å². The first-order valence-corrected chi connectivity index (χ1v) is 8.43. The summed E-state index contributed by atoms with van der Waals surface area (Å²) in [5, 5.41) is 5.92. The van der Waals surface area contributed by atoms with Gasteiger partial charge in [0.15, 0.2) is 0 Å². The highest BCUT2D eigenvalue weighted by Crippen LogP contribution is 2.22. The lowest BCUT2D eigenvalue weighted by Crippen LogP contribution is -2.49. The van der Waals surface area contributed by atoms with Crippen molar-refractivity contribution in [2.24, 2.45) is 0 Å². The number of rotatable bonds is 5. The quantitative estimate of drug-likeness (QED) is 0.857. The van der Waals surface area contributed by atoms with E-state index in [0.717, 1.165) is 18.2 Å². The van der Waals surface area contributed by atoms with E-state index in [1.807, 2.05) is 11.0 Å². The summed E-state index contributed by atoms with van der Waals surface area (Å²) < 4.78 is 39.9. The van der Waals surface area contributed by atoms with Crippen molar-refractivity contribution in [1.82, 2.24) is 15.5 Å². The Morgan fingerprint density at radius 2 is 1.88 bits per heavy atom. The second-order valence-electron chi connectivity index (χ2n) is 6.30. The number of carbonyl (C=O) groups is 1. The van der Waals surface area contributed by atoms with Gasteiger partial charge in [0.1, 0.15) is 17.5 Å². The molecule has 0 radical (unpaired) electrons. The van der Waals surface area contributed by atoms with Gasteiger partial charge < -0.3 is 10.6 Å². The molecule has 0 spiro atoms. The molecule has 1 amide bonds. The first-order chi connectivity index (χ1) is 12.5. The lowest BCUT2D eigenvalue weighted by atomic mass is 10.0. The first kappa shape index (κ1) is 18.4. The van der Waals surface area contributed by atoms with Crippen molar-refractivity contribution in [3.05, 3.63) is 71.0 Å². The Morgan fingerprint density at radius 3 is 2.62 bits per heavy atom. The maximum absolute atomic E-state index is 13.5. The third kappa shape index (κ3) is 4.83. The summed E-state index contributed by atoms with van der Waals surface area (Å²) in [5.41, 5.74) is 1.16. The van der Waals surface area contributed by atoms with Crippen molar-refractivity contribution in [2.75, 3.05) is 26.2 Å². The fraction of sp³-hybridized carbons (Fsp3) is 0.316. The highest BCUT2D eigenvalue weighted by molar-refractivity contribution is 5.78. The van der Waals surface area contributed by atoms with Crippen LogP contribution in [0, 0.1) is 17.5 Å². The number of amides is 1. The number of benzene rings is 2. The Hall–Kier alpha value is -2.38. The Balaban J connectivity index is 1.61. The lowest BCUT2D eigenvalue weighted by molar-refractivity contribution is -0.123. The standard InChI is InChI=1S/C19H20F3N3O/c20-15-3-1-2-14(8-15)18-11-23-4-5-25(18)12-19(26)24-10-13-6-16(21)9-17(22)7-13/h1-3,6-9,18,23H,4-5,10-12H2,(H,24,26). The van der Waals surface area contributed by atoms with E-state index in [1.54, 1.807) is 6.07 Å². The summed E-state index contributed by atoms with van der Waals surface area (Å²) in [6, 6.07) is 9.38. The fourth-order valence-electron chi connectivity index (χ4n) is 3.13. The number of hydrogen-bond donors (Lipinski definition) is 2. The summed E-state index contributed by atoms with van der Waals surface area (Å²) in [4.78, 5) is 14.2. The van der Waals surface area contributed by atoms with Crippen molar-refractivity contribution in [2.45, 2.75) is 12.6 Å². The van der Waals surface area contributed by atoms with Crippen LogP contribution in [-0.2, 0) is 11.3 Å². The summed E-state index contributed by atoms with van der Waals surface area (Å²) in [5.74, 6) is -1.92. The molecule has 1 unspecified atom stereocenters. The normalized spacial score (nSPS) is 17.9. The van der Waals surface area contributed by atoms with Gasteiger partial charge in [-0.1, -0.05) is 12.1 Å². The minimum Gasteiger partial charge on any atom is -0.351 e. The van der Waals surface area contributed by atoms with E-state index in [4.69, 9.17) is 0 Å². The van der Waals surface area contributed by atoms with Crippen molar-refractivity contribution < 1.29 is 18.0 Å². The number of carbonyl (C=O) groups excluding carboxylic acids is 1. The molecule has 1 heterocycles. The molecule has 0 aliphatic carbocycles. The van der Waals surface area contributed by atoms with E-state index in [9.17, 15) is 18.0 Å². The molecular formula is C19H20F3N3O. The van der Waals surface area contributed by atoms with Crippen LogP contribution >= 0.6 is 0 Å². The number of nitrogens with one attached hydrogen (secondary N) is 2. The van der Waals surface area contributed by atoms with Gasteiger partial charge in [-0.05, 0) is 35.4 Å². The van der Waals surface area contributed by atoms with Crippen molar-refractivity contribution in [1.29, 1.82) is 0 Å². The second kappa shape index (κ2) is 8.33. The molecule has 1 saturated heterocycles. The minimum atomic E-state index is -0.678. The molecule has 2 aromatic carbocycles. The minimum absolute atomic E-state index is 0.0459. The molecule has 7 heteroatoms. The van der Waals surface area contributed by atoms with Crippen LogP contribution < -0.4 is 10.6 Å². The summed E-state index contributed by atoms with van der Waals surface area (Å²) in [6.07, 6.45) is 0. The molecule has 1 fully saturated rings. The van der Waals surface area contributed by atoms with Gasteiger partial charge in [0.05, 0.1) is 6.54 Å². The van der Waals surface area contributed by atoms with Gasteiger partial charge in [-0.25, -0.2) is 13.2 Å². The maximum atomic E-state index is 13.5. The number of hydrogen-bond acceptors (Lipinski definition) is 3. The van der Waals surface area contributed by atoms with Gasteiger partial charge in [-0.2, -0.15) is 0 Å². The molecule has 0 aromatic heterocycles. The van der Waals surface area contributed by atoms with E-state index >= 15 is 0 Å². The average Bonchev–Trinajstić information content (AvgIpc) is 2.60. The highest BCUT2D eigenvalue weighted by Gasteiger charge is 2.25. The third-order valence-corrected chi connectivity index (χ3v) is 4.35. The maximum Gasteiger partial charge on any atom is 0.234 e. The van der Waals surface area contributed by atoms with Crippen LogP contribution in [0.15, 0.2) is 42.5 Å². The van der Waals surface area contributed by atoms with Crippen LogP contribution in [0.25, 0.3) is 0 Å². The summed E-state index contributed by atoms with van der Waals surface area (Å²) in [6.45, 7) is 2.16. The Bertz CT molecular complexity index is 764. The molecule has 0 bridgehead atoms. The van der Waals surface area contributed by atoms with E-state index in [0.29, 0.717) is 18.7 Å². The molecule has 2 aromatic rings. The molecule has 0 saturated carbocycles. The number of nitrogens with zero attached hydrogens (tertiary/aromatic N) is 1. The molecule has 1 aliphatic heterocycles. The van der Waals surface area contributed by atoms with Gasteiger partial charge in [0, 0.05) is 38.3 Å². The largest absolute Gasteiger partial charge is 0.351 e. The van der Waals surface area contributed by atoms with E-state index < -0.39 is 11.6 Å². The van der Waals surface area contributed by atoms with Crippen molar-refractivity contribution in [3.63, 3.8) is 0 Å². The fourth-order valence-corrected chi connectivity index (χ4v) is 3.13. The lowest BCUT2D eigenvalue weighted by Gasteiger charge is -2.36. The number of piperazine rings is 1. The van der Waals surface area contributed by atoms with Crippen LogP contribution in [-0.4, -0.2) is 37.0 Å². The van der Waals surface area contributed by atoms with Gasteiger partial charge in [0.2, 0.25) is 5.91 Å². The van der Waals surface area contributed by atoms with E-state index in [2.05, 4.69) is 10.6 Å². The zero-order valence-corrected chi connectivity index (χ0v) is 14.1. The van der Waals surface area contributed by atoms with Gasteiger partial charge in [-0.3, -0.25) is 9.69 Å². The van der Waals surface area contributed by atoms with Gasteiger partial charge in [0.25, 0.3) is 0 Å². The Labute approximate surface area is 150 Å². The monoisotopic (exact) mass is 363 g/mol. The topological polar surface area (TPSA) is 44.4 Å². The predicted molar refractivity (Wildman–Crippen MR) is 91.8 cm³/mol. The predicted octanol–water partition coefficient (Wildman–Crippen LogP) is 2.37. The van der Waals surface area contributed by atoms with Crippen LogP contribution in [0.4, 0.5) is 13.2 Å². The first-order valence-electron chi connectivity index (χ1n) is 8.43. The zero-order chi connectivity index (χ0) is 18.5. The Morgan fingerprint density at radius 1 is 1.12 bits per heavy atom. The average molecular weight is 363 g/mol. The molecular weight excluding hydrogens is 343 g/mol. The smallest absolute Gasteiger partial charge is 0.234 e. The number of halogens is 3. The molecule has 1 aliphatic rings. The molecule has 1 atom stereocenters. The third-order valence-electron chi connectivity index (χ3n) is 4.35. The van der Waals surface area contributed by atoms with Crippen molar-refractivity contribution >= 4 is 5.91 Å². The Kier molecular flexibility index (Phi) is 5.90. The van der Waals surface area contributed by atoms with E-state index in [-0.39, 0.29) is 30.9 Å². The van der Waals surface area contributed by atoms with Crippen LogP contribution in [0.1, 0.15) is 17.2 Å². The molecule has 3 rings (SSSR count). The molecule has 26 heavy (non-hydrogen) atoms. The van der Waals surface area contributed by atoms with E-state index in [1.165, 1.54) is 24.3 Å². The zero-order valence-electron chi connectivity index (χ0n) is 14.1. The highest BCUT2D eigenvalue weighted by atomic mass is 19.1. The SMILES string of the molecule is O=C(CN1CCNCC1c1cccc(F)c1)NCc1cc(F)cc(F)c1. The molecule has 2 N–H and O–H groups in total. The van der Waals surface area contributed by atoms with Gasteiger partial charge >= 0.3 is 0 Å². The van der Waals surface area contributed by atoms with Crippen LogP contribution in [0.5, 0.6) is 0 Å². The molecule has 4 nitrogen and oxygen atoms in total. The summed E-state index contributed by atoms with van der Waals surface area (Å²) in [7, 11) is 0. The summed E-state index contributed by atoms with van der Waals surface area (Å²) >= 11 is 0. The van der Waals surface area contributed by atoms with Crippen molar-refractivity contribution in [3.8, 4) is 0 Å². The molecule has 138 valence electrons. The van der Waals surface area contributed by atoms with Crippen LogP contribution in [0.2, 0.25) is 0 Å². The van der Waals surface area contributed by atoms with Gasteiger partial charge in [-0.15, -0.1) is 0 Å².